The molecule has 5 heteroatoms. The first kappa shape index (κ1) is 15.7. The lowest BCUT2D eigenvalue weighted by Gasteiger charge is -2.13. The number of hydrogen-bond donors (Lipinski definition) is 1. The molecule has 0 atom stereocenters. The zero-order valence-corrected chi connectivity index (χ0v) is 12.8. The van der Waals surface area contributed by atoms with Crippen LogP contribution < -0.4 is 14.8 Å². The van der Waals surface area contributed by atoms with Gasteiger partial charge in [-0.15, -0.1) is 0 Å². The summed E-state index contributed by atoms with van der Waals surface area (Å²) >= 11 is 5.37. The number of rotatable bonds is 7. The van der Waals surface area contributed by atoms with Gasteiger partial charge < -0.3 is 19.7 Å². The van der Waals surface area contributed by atoms with Gasteiger partial charge in [0.15, 0.2) is 11.5 Å². The zero-order chi connectivity index (χ0) is 14.3. The van der Waals surface area contributed by atoms with E-state index in [9.17, 15) is 0 Å². The summed E-state index contributed by atoms with van der Waals surface area (Å²) in [5, 5.41) is 3.25. The number of nitrogens with zero attached hydrogens (tertiary/aromatic N) is 1. The summed E-state index contributed by atoms with van der Waals surface area (Å²) in [5.41, 5.74) is 0.942. The normalized spacial score (nSPS) is 10.4. The molecule has 4 nitrogen and oxygen atoms in total. The molecule has 0 fully saturated rings. The average Bonchev–Trinajstić information content (AvgIpc) is 2.42. The standard InChI is InChI=1S/C14H22N2O2S/c1-16(2)9-5-8-15-14(19)11-6-7-12(17-3)13(10-11)18-4/h6-7,10H,5,8-9H2,1-4H3,(H,15,19). The molecule has 0 bridgehead atoms. The van der Waals surface area contributed by atoms with Crippen LogP contribution in [0.5, 0.6) is 11.5 Å². The molecule has 1 aromatic carbocycles. The molecular weight excluding hydrogens is 260 g/mol. The fourth-order valence-electron chi connectivity index (χ4n) is 1.68. The van der Waals surface area contributed by atoms with E-state index in [1.165, 1.54) is 0 Å². The SMILES string of the molecule is COc1ccc(C(=S)NCCCN(C)C)cc1OC. The van der Waals surface area contributed by atoms with Crippen LogP contribution in [0.25, 0.3) is 0 Å². The number of hydrogen-bond acceptors (Lipinski definition) is 4. The molecule has 0 heterocycles. The van der Waals surface area contributed by atoms with Gasteiger partial charge >= 0.3 is 0 Å². The van der Waals surface area contributed by atoms with Crippen molar-refractivity contribution in [2.45, 2.75) is 6.42 Å². The number of ether oxygens (including phenoxy) is 2. The molecule has 0 unspecified atom stereocenters. The molecule has 0 aromatic heterocycles. The maximum Gasteiger partial charge on any atom is 0.161 e. The van der Waals surface area contributed by atoms with Crippen molar-refractivity contribution in [3.63, 3.8) is 0 Å². The van der Waals surface area contributed by atoms with Crippen molar-refractivity contribution in [2.75, 3.05) is 41.4 Å². The van der Waals surface area contributed by atoms with Crippen LogP contribution in [0.15, 0.2) is 18.2 Å². The highest BCUT2D eigenvalue weighted by Crippen LogP contribution is 2.27. The van der Waals surface area contributed by atoms with Crippen molar-refractivity contribution < 1.29 is 9.47 Å². The van der Waals surface area contributed by atoms with Gasteiger partial charge in [-0.2, -0.15) is 0 Å². The molecule has 0 aliphatic rings. The second-order valence-corrected chi connectivity index (χ2v) is 4.89. The summed E-state index contributed by atoms with van der Waals surface area (Å²) in [6.07, 6.45) is 1.06. The molecule has 1 aromatic rings. The van der Waals surface area contributed by atoms with Gasteiger partial charge in [-0.25, -0.2) is 0 Å². The Morgan fingerprint density at radius 2 is 1.89 bits per heavy atom. The summed E-state index contributed by atoms with van der Waals surface area (Å²) in [4.78, 5) is 2.89. The third-order valence-electron chi connectivity index (χ3n) is 2.71. The van der Waals surface area contributed by atoms with Gasteiger partial charge in [-0.3, -0.25) is 0 Å². The molecule has 0 aliphatic carbocycles. The lowest BCUT2D eigenvalue weighted by Crippen LogP contribution is -2.26. The molecule has 0 saturated carbocycles. The van der Waals surface area contributed by atoms with Crippen molar-refractivity contribution >= 4 is 17.2 Å². The van der Waals surface area contributed by atoms with Crippen molar-refractivity contribution in [3.05, 3.63) is 23.8 Å². The molecule has 0 aliphatic heterocycles. The number of nitrogens with one attached hydrogen (secondary N) is 1. The highest BCUT2D eigenvalue weighted by atomic mass is 32.1. The molecule has 0 radical (unpaired) electrons. The molecule has 1 N–H and O–H groups in total. The van der Waals surface area contributed by atoms with Gasteiger partial charge in [-0.05, 0) is 45.3 Å². The quantitative estimate of drug-likeness (QED) is 0.610. The van der Waals surface area contributed by atoms with Gasteiger partial charge in [0.25, 0.3) is 0 Å². The van der Waals surface area contributed by atoms with E-state index < -0.39 is 0 Å². The number of thiocarbonyl (C=S) groups is 1. The molecule has 106 valence electrons. The van der Waals surface area contributed by atoms with Crippen molar-refractivity contribution in [2.24, 2.45) is 0 Å². The van der Waals surface area contributed by atoms with Crippen LogP contribution in [-0.2, 0) is 0 Å². The summed E-state index contributed by atoms with van der Waals surface area (Å²) < 4.78 is 10.5. The maximum absolute atomic E-state index is 5.37. The largest absolute Gasteiger partial charge is 0.493 e. The third-order valence-corrected chi connectivity index (χ3v) is 3.09. The molecule has 0 amide bonds. The van der Waals surface area contributed by atoms with Crippen LogP contribution in [0.2, 0.25) is 0 Å². The number of methoxy groups -OCH3 is 2. The van der Waals surface area contributed by atoms with E-state index in [0.717, 1.165) is 30.1 Å². The monoisotopic (exact) mass is 282 g/mol. The Morgan fingerprint density at radius 3 is 2.47 bits per heavy atom. The summed E-state index contributed by atoms with van der Waals surface area (Å²) in [6, 6.07) is 5.69. The Kier molecular flexibility index (Phi) is 6.59. The first-order chi connectivity index (χ1) is 9.08. The highest BCUT2D eigenvalue weighted by molar-refractivity contribution is 7.80. The van der Waals surface area contributed by atoms with E-state index in [1.807, 2.05) is 18.2 Å². The molecule has 19 heavy (non-hydrogen) atoms. The van der Waals surface area contributed by atoms with Crippen LogP contribution in [-0.4, -0.2) is 51.3 Å². The van der Waals surface area contributed by atoms with Crippen LogP contribution in [0.3, 0.4) is 0 Å². The van der Waals surface area contributed by atoms with E-state index in [2.05, 4.69) is 24.3 Å². The fourth-order valence-corrected chi connectivity index (χ4v) is 1.91. The average molecular weight is 282 g/mol. The highest BCUT2D eigenvalue weighted by Gasteiger charge is 2.07. The van der Waals surface area contributed by atoms with E-state index in [1.54, 1.807) is 14.2 Å². The fraction of sp³-hybridized carbons (Fsp3) is 0.500. The van der Waals surface area contributed by atoms with E-state index in [4.69, 9.17) is 21.7 Å². The minimum Gasteiger partial charge on any atom is -0.493 e. The van der Waals surface area contributed by atoms with E-state index in [0.29, 0.717) is 11.5 Å². The molecule has 1 rings (SSSR count). The first-order valence-electron chi connectivity index (χ1n) is 6.23. The predicted molar refractivity (Wildman–Crippen MR) is 82.4 cm³/mol. The lowest BCUT2D eigenvalue weighted by molar-refractivity contribution is 0.355. The summed E-state index contributed by atoms with van der Waals surface area (Å²) in [5.74, 6) is 1.40. The van der Waals surface area contributed by atoms with Gasteiger partial charge in [0.2, 0.25) is 0 Å². The van der Waals surface area contributed by atoms with Crippen LogP contribution in [0, 0.1) is 0 Å². The van der Waals surface area contributed by atoms with Crippen LogP contribution >= 0.6 is 12.2 Å². The second kappa shape index (κ2) is 7.96. The van der Waals surface area contributed by atoms with E-state index in [-0.39, 0.29) is 0 Å². The molecule has 0 saturated heterocycles. The summed E-state index contributed by atoms with van der Waals surface area (Å²) in [7, 11) is 7.36. The van der Waals surface area contributed by atoms with Gasteiger partial charge in [-0.1, -0.05) is 12.2 Å². The maximum atomic E-state index is 5.37. The minimum absolute atomic E-state index is 0.692. The second-order valence-electron chi connectivity index (χ2n) is 4.48. The lowest BCUT2D eigenvalue weighted by atomic mass is 10.2. The predicted octanol–water partition coefficient (Wildman–Crippen LogP) is 1.92. The topological polar surface area (TPSA) is 33.7 Å². The third kappa shape index (κ3) is 5.04. The van der Waals surface area contributed by atoms with Gasteiger partial charge in [0.05, 0.1) is 14.2 Å². The summed E-state index contributed by atoms with van der Waals surface area (Å²) in [6.45, 7) is 1.91. The van der Waals surface area contributed by atoms with Crippen molar-refractivity contribution in [1.29, 1.82) is 0 Å². The van der Waals surface area contributed by atoms with Crippen LogP contribution in [0.1, 0.15) is 12.0 Å². The van der Waals surface area contributed by atoms with Crippen molar-refractivity contribution in [3.8, 4) is 11.5 Å². The Labute approximate surface area is 120 Å². The van der Waals surface area contributed by atoms with Crippen molar-refractivity contribution in [1.82, 2.24) is 10.2 Å². The molecule has 0 spiro atoms. The zero-order valence-electron chi connectivity index (χ0n) is 12.0. The Bertz CT molecular complexity index is 422. The van der Waals surface area contributed by atoms with Gasteiger partial charge in [0, 0.05) is 12.1 Å². The Morgan fingerprint density at radius 1 is 1.21 bits per heavy atom. The number of benzene rings is 1. The Balaban J connectivity index is 2.57. The minimum atomic E-state index is 0.692. The first-order valence-corrected chi connectivity index (χ1v) is 6.64. The molecular formula is C14H22N2O2S. The van der Waals surface area contributed by atoms with Gasteiger partial charge in [0.1, 0.15) is 4.99 Å². The smallest absolute Gasteiger partial charge is 0.161 e. The van der Waals surface area contributed by atoms with E-state index >= 15 is 0 Å². The van der Waals surface area contributed by atoms with Crippen LogP contribution in [0.4, 0.5) is 0 Å². The Hall–Kier alpha value is -1.33.